The van der Waals surface area contributed by atoms with Crippen LogP contribution in [0.3, 0.4) is 0 Å². The molecule has 5 rings (SSSR count). The van der Waals surface area contributed by atoms with Crippen molar-refractivity contribution in [3.05, 3.63) is 88.9 Å². The number of fused-ring (bicyclic) bond motifs is 1. The van der Waals surface area contributed by atoms with E-state index in [9.17, 15) is 5.11 Å². The normalized spacial score (nSPS) is 12.2. The molecule has 0 radical (unpaired) electrons. The summed E-state index contributed by atoms with van der Waals surface area (Å²) < 4.78 is 0. The molecule has 5 aromatic rings. The van der Waals surface area contributed by atoms with Crippen LogP contribution in [0.1, 0.15) is 17.3 Å². The highest BCUT2D eigenvalue weighted by atomic mass is 32.1. The third-order valence-electron chi connectivity index (χ3n) is 5.46. The maximum absolute atomic E-state index is 9.97. The van der Waals surface area contributed by atoms with Crippen LogP contribution in [0.4, 0.5) is 5.69 Å². The standard InChI is InChI=1S/C25H22N4OS/c1-16-21-11-18(7-8-23(21)29-28-16)22-12-20(13-26-25(22)19-9-10-31-15-19)27-24(14-30)17-5-3-2-4-6-17/h2-13,15,24,27,30H,14H2,1H3,(H,28,29). The van der Waals surface area contributed by atoms with Crippen LogP contribution in [0.25, 0.3) is 33.3 Å². The lowest BCUT2D eigenvalue weighted by Gasteiger charge is -2.19. The molecule has 3 aromatic heterocycles. The van der Waals surface area contributed by atoms with Crippen LogP contribution in [-0.4, -0.2) is 26.9 Å². The second-order valence-corrected chi connectivity index (χ2v) is 8.28. The number of aryl methyl sites for hydroxylation is 1. The first-order valence-electron chi connectivity index (χ1n) is 10.1. The number of hydrogen-bond acceptors (Lipinski definition) is 5. The van der Waals surface area contributed by atoms with Gasteiger partial charge in [0.1, 0.15) is 0 Å². The lowest BCUT2D eigenvalue weighted by molar-refractivity contribution is 0.276. The molecule has 3 heterocycles. The molecule has 0 fully saturated rings. The van der Waals surface area contributed by atoms with Crippen molar-refractivity contribution in [1.82, 2.24) is 15.2 Å². The largest absolute Gasteiger partial charge is 0.394 e. The molecule has 0 saturated heterocycles. The molecule has 0 aliphatic heterocycles. The van der Waals surface area contributed by atoms with Crippen molar-refractivity contribution in [3.8, 4) is 22.4 Å². The average molecular weight is 427 g/mol. The summed E-state index contributed by atoms with van der Waals surface area (Å²) in [6.45, 7) is 2.02. The molecule has 1 atom stereocenters. The second kappa shape index (κ2) is 8.34. The number of aromatic nitrogens is 3. The van der Waals surface area contributed by atoms with E-state index in [0.717, 1.165) is 50.2 Å². The molecule has 6 heteroatoms. The smallest absolute Gasteiger partial charge is 0.0924 e. The molecule has 0 saturated carbocycles. The number of nitrogens with one attached hydrogen (secondary N) is 2. The van der Waals surface area contributed by atoms with Crippen molar-refractivity contribution in [3.63, 3.8) is 0 Å². The van der Waals surface area contributed by atoms with Gasteiger partial charge in [-0.3, -0.25) is 10.1 Å². The number of pyridine rings is 1. The van der Waals surface area contributed by atoms with E-state index in [1.807, 2.05) is 49.5 Å². The van der Waals surface area contributed by atoms with Gasteiger partial charge < -0.3 is 10.4 Å². The summed E-state index contributed by atoms with van der Waals surface area (Å²) in [7, 11) is 0. The topological polar surface area (TPSA) is 73.8 Å². The zero-order chi connectivity index (χ0) is 21.2. The average Bonchev–Trinajstić information content (AvgIpc) is 3.48. The van der Waals surface area contributed by atoms with Crippen LogP contribution in [0.5, 0.6) is 0 Å². The zero-order valence-electron chi connectivity index (χ0n) is 17.0. The van der Waals surface area contributed by atoms with E-state index in [1.54, 1.807) is 11.3 Å². The van der Waals surface area contributed by atoms with Crippen molar-refractivity contribution in [2.24, 2.45) is 0 Å². The monoisotopic (exact) mass is 426 g/mol. The highest BCUT2D eigenvalue weighted by Crippen LogP contribution is 2.35. The number of anilines is 1. The van der Waals surface area contributed by atoms with E-state index in [2.05, 4.69) is 50.5 Å². The van der Waals surface area contributed by atoms with Gasteiger partial charge in [-0.1, -0.05) is 36.4 Å². The predicted molar refractivity (Wildman–Crippen MR) is 127 cm³/mol. The molecular weight excluding hydrogens is 404 g/mol. The minimum absolute atomic E-state index is 0.00813. The van der Waals surface area contributed by atoms with Gasteiger partial charge in [0.05, 0.1) is 35.7 Å². The van der Waals surface area contributed by atoms with Crippen LogP contribution in [0, 0.1) is 6.92 Å². The molecule has 1 unspecified atom stereocenters. The third-order valence-corrected chi connectivity index (χ3v) is 6.15. The maximum atomic E-state index is 9.97. The number of aromatic amines is 1. The van der Waals surface area contributed by atoms with Gasteiger partial charge >= 0.3 is 0 Å². The van der Waals surface area contributed by atoms with Crippen molar-refractivity contribution in [2.75, 3.05) is 11.9 Å². The van der Waals surface area contributed by atoms with E-state index < -0.39 is 0 Å². The lowest BCUT2D eigenvalue weighted by atomic mass is 9.98. The lowest BCUT2D eigenvalue weighted by Crippen LogP contribution is -2.15. The fourth-order valence-corrected chi connectivity index (χ4v) is 4.46. The first-order chi connectivity index (χ1) is 15.2. The van der Waals surface area contributed by atoms with Crippen molar-refractivity contribution in [1.29, 1.82) is 0 Å². The molecule has 0 amide bonds. The van der Waals surface area contributed by atoms with Gasteiger partial charge in [0.2, 0.25) is 0 Å². The number of rotatable bonds is 6. The fraction of sp³-hybridized carbons (Fsp3) is 0.120. The van der Waals surface area contributed by atoms with Gasteiger partial charge in [0, 0.05) is 27.6 Å². The molecule has 2 aromatic carbocycles. The fourth-order valence-electron chi connectivity index (χ4n) is 3.82. The van der Waals surface area contributed by atoms with Crippen molar-refractivity contribution >= 4 is 27.9 Å². The minimum atomic E-state index is -0.207. The number of nitrogens with zero attached hydrogens (tertiary/aromatic N) is 2. The van der Waals surface area contributed by atoms with Gasteiger partial charge in [-0.25, -0.2) is 0 Å². The summed E-state index contributed by atoms with van der Waals surface area (Å²) in [6, 6.07) is 20.2. The second-order valence-electron chi connectivity index (χ2n) is 7.50. The molecule has 0 spiro atoms. The molecule has 0 aliphatic carbocycles. The Kier molecular flexibility index (Phi) is 5.24. The minimum Gasteiger partial charge on any atom is -0.394 e. The number of H-pyrrole nitrogens is 1. The summed E-state index contributed by atoms with van der Waals surface area (Å²) >= 11 is 1.66. The van der Waals surface area contributed by atoms with E-state index in [4.69, 9.17) is 4.98 Å². The van der Waals surface area contributed by atoms with Crippen LogP contribution >= 0.6 is 11.3 Å². The van der Waals surface area contributed by atoms with E-state index >= 15 is 0 Å². The van der Waals surface area contributed by atoms with Crippen molar-refractivity contribution in [2.45, 2.75) is 13.0 Å². The molecule has 0 bridgehead atoms. The predicted octanol–water partition coefficient (Wildman–Crippen LogP) is 5.81. The Labute approximate surface area is 184 Å². The van der Waals surface area contributed by atoms with E-state index in [-0.39, 0.29) is 12.6 Å². The summed E-state index contributed by atoms with van der Waals surface area (Å²) in [5.74, 6) is 0. The Morgan fingerprint density at radius 3 is 2.71 bits per heavy atom. The summed E-state index contributed by atoms with van der Waals surface area (Å²) in [4.78, 5) is 4.81. The number of aliphatic hydroxyl groups is 1. The zero-order valence-corrected chi connectivity index (χ0v) is 17.9. The summed E-state index contributed by atoms with van der Waals surface area (Å²) in [6.07, 6.45) is 1.84. The first kappa shape index (κ1) is 19.5. The van der Waals surface area contributed by atoms with Crippen LogP contribution in [0.2, 0.25) is 0 Å². The third kappa shape index (κ3) is 3.83. The Hall–Kier alpha value is -3.48. The summed E-state index contributed by atoms with van der Waals surface area (Å²) in [5, 5.41) is 26.1. The molecule has 3 N–H and O–H groups in total. The Morgan fingerprint density at radius 2 is 1.94 bits per heavy atom. The molecule has 5 nitrogen and oxygen atoms in total. The Morgan fingerprint density at radius 1 is 1.06 bits per heavy atom. The van der Waals surface area contributed by atoms with Crippen LogP contribution in [0.15, 0.2) is 77.6 Å². The number of benzene rings is 2. The molecule has 31 heavy (non-hydrogen) atoms. The maximum Gasteiger partial charge on any atom is 0.0924 e. The highest BCUT2D eigenvalue weighted by molar-refractivity contribution is 7.08. The Bertz CT molecular complexity index is 1310. The van der Waals surface area contributed by atoms with E-state index in [1.165, 1.54) is 0 Å². The van der Waals surface area contributed by atoms with Gasteiger partial charge in [0.25, 0.3) is 0 Å². The van der Waals surface area contributed by atoms with Crippen LogP contribution in [-0.2, 0) is 0 Å². The SMILES string of the molecule is Cc1[nH]nc2ccc(-c3cc(NC(CO)c4ccccc4)cnc3-c3ccsc3)cc12. The molecule has 154 valence electrons. The van der Waals surface area contributed by atoms with Crippen molar-refractivity contribution < 1.29 is 5.11 Å². The Balaban J connectivity index is 1.59. The molecule has 0 aliphatic rings. The quantitative estimate of drug-likeness (QED) is 0.320. The van der Waals surface area contributed by atoms with Gasteiger partial charge in [-0.05, 0) is 47.7 Å². The number of thiophene rings is 1. The van der Waals surface area contributed by atoms with Gasteiger partial charge in [0.15, 0.2) is 0 Å². The van der Waals surface area contributed by atoms with Gasteiger partial charge in [-0.2, -0.15) is 16.4 Å². The molecular formula is C25H22N4OS. The number of aliphatic hydroxyl groups excluding tert-OH is 1. The first-order valence-corrected chi connectivity index (χ1v) is 11.1. The van der Waals surface area contributed by atoms with Crippen LogP contribution < -0.4 is 5.32 Å². The van der Waals surface area contributed by atoms with E-state index in [0.29, 0.717) is 0 Å². The highest BCUT2D eigenvalue weighted by Gasteiger charge is 2.15. The van der Waals surface area contributed by atoms with Gasteiger partial charge in [-0.15, -0.1) is 0 Å². The summed E-state index contributed by atoms with van der Waals surface area (Å²) in [5.41, 5.74) is 8.03. The number of hydrogen-bond donors (Lipinski definition) is 3.